The Morgan fingerprint density at radius 3 is 2.23 bits per heavy atom. The van der Waals surface area contributed by atoms with Crippen LogP contribution in [-0.4, -0.2) is 29.8 Å². The summed E-state index contributed by atoms with van der Waals surface area (Å²) >= 11 is 11.6. The van der Waals surface area contributed by atoms with Crippen LogP contribution in [0.15, 0.2) is 36.4 Å². The number of carbonyl (C=O) groups excluding carboxylic acids is 2. The number of halogens is 3. The van der Waals surface area contributed by atoms with Gasteiger partial charge >= 0.3 is 0 Å². The zero-order chi connectivity index (χ0) is 19.3. The number of nitrogens with one attached hydrogen (secondary N) is 2. The first-order valence-electron chi connectivity index (χ1n) is 7.25. The van der Waals surface area contributed by atoms with Crippen LogP contribution in [0.1, 0.15) is 20.7 Å². The molecule has 2 aromatic carbocycles. The van der Waals surface area contributed by atoms with Gasteiger partial charge in [-0.05, 0) is 24.3 Å². The molecule has 0 fully saturated rings. The molecule has 2 amide bonds. The van der Waals surface area contributed by atoms with Gasteiger partial charge in [-0.2, -0.15) is 0 Å². The second kappa shape index (κ2) is 8.59. The summed E-state index contributed by atoms with van der Waals surface area (Å²) in [4.78, 5) is 33.6. The topological polar surface area (TPSA) is 101 Å². The molecule has 0 aliphatic carbocycles. The summed E-state index contributed by atoms with van der Waals surface area (Å²) in [6.45, 7) is 0.113. The summed E-state index contributed by atoms with van der Waals surface area (Å²) in [5.74, 6) is -2.17. The van der Waals surface area contributed by atoms with Gasteiger partial charge in [-0.15, -0.1) is 0 Å². The molecule has 0 aliphatic rings. The lowest BCUT2D eigenvalue weighted by Gasteiger charge is -2.08. The molecule has 0 radical (unpaired) electrons. The van der Waals surface area contributed by atoms with E-state index in [1.165, 1.54) is 18.2 Å². The quantitative estimate of drug-likeness (QED) is 0.442. The second-order valence-electron chi connectivity index (χ2n) is 5.06. The number of nitro groups is 1. The van der Waals surface area contributed by atoms with Gasteiger partial charge in [0.25, 0.3) is 17.5 Å². The van der Waals surface area contributed by atoms with Crippen LogP contribution in [-0.2, 0) is 0 Å². The molecule has 7 nitrogen and oxygen atoms in total. The van der Waals surface area contributed by atoms with Crippen molar-refractivity contribution in [3.63, 3.8) is 0 Å². The third-order valence-corrected chi connectivity index (χ3v) is 4.03. The van der Waals surface area contributed by atoms with Crippen LogP contribution in [0, 0.1) is 15.9 Å². The minimum absolute atomic E-state index is 0.0301. The number of nitrogens with zero attached hydrogens (tertiary/aromatic N) is 1. The van der Waals surface area contributed by atoms with E-state index in [1.807, 2.05) is 0 Å². The van der Waals surface area contributed by atoms with E-state index in [0.29, 0.717) is 16.7 Å². The van der Waals surface area contributed by atoms with E-state index >= 15 is 0 Å². The van der Waals surface area contributed by atoms with Crippen molar-refractivity contribution in [1.29, 1.82) is 0 Å². The van der Waals surface area contributed by atoms with E-state index < -0.39 is 28.2 Å². The van der Waals surface area contributed by atoms with Crippen LogP contribution in [0.5, 0.6) is 0 Å². The largest absolute Gasteiger partial charge is 0.350 e. The van der Waals surface area contributed by atoms with E-state index in [0.717, 1.165) is 12.1 Å². The van der Waals surface area contributed by atoms with Crippen molar-refractivity contribution < 1.29 is 18.9 Å². The van der Waals surface area contributed by atoms with Crippen LogP contribution < -0.4 is 10.6 Å². The summed E-state index contributed by atoms with van der Waals surface area (Å²) in [5.41, 5.74) is -0.480. The summed E-state index contributed by atoms with van der Waals surface area (Å²) in [6, 6.07) is 7.11. The monoisotopic (exact) mass is 399 g/mol. The lowest BCUT2D eigenvalue weighted by molar-refractivity contribution is -0.385. The maximum atomic E-state index is 13.7. The minimum atomic E-state index is -1.00. The first-order valence-corrected chi connectivity index (χ1v) is 8.00. The third kappa shape index (κ3) is 4.90. The number of carbonyl (C=O) groups is 2. The molecule has 0 spiro atoms. The van der Waals surface area contributed by atoms with Crippen molar-refractivity contribution >= 4 is 40.7 Å². The molecular formula is C16H12Cl2FN3O4. The molecule has 10 heteroatoms. The molecule has 26 heavy (non-hydrogen) atoms. The van der Waals surface area contributed by atoms with E-state index in [1.54, 1.807) is 0 Å². The Morgan fingerprint density at radius 1 is 1.00 bits per heavy atom. The summed E-state index contributed by atoms with van der Waals surface area (Å²) in [5, 5.41) is 16.1. The van der Waals surface area contributed by atoms with Crippen molar-refractivity contribution in [2.24, 2.45) is 0 Å². The van der Waals surface area contributed by atoms with E-state index in [-0.39, 0.29) is 23.7 Å². The van der Waals surface area contributed by atoms with Crippen molar-refractivity contribution in [3.8, 4) is 0 Å². The van der Waals surface area contributed by atoms with Gasteiger partial charge in [0, 0.05) is 24.7 Å². The zero-order valence-corrected chi connectivity index (χ0v) is 14.6. The molecule has 0 aromatic heterocycles. The molecule has 0 saturated carbocycles. The Kier molecular flexibility index (Phi) is 6.48. The molecule has 2 aromatic rings. The zero-order valence-electron chi connectivity index (χ0n) is 13.1. The number of hydrogen-bond donors (Lipinski definition) is 2. The highest BCUT2D eigenvalue weighted by Crippen LogP contribution is 2.22. The van der Waals surface area contributed by atoms with Crippen molar-refractivity contribution in [2.75, 3.05) is 13.1 Å². The highest BCUT2D eigenvalue weighted by Gasteiger charge is 2.16. The van der Waals surface area contributed by atoms with Crippen LogP contribution in [0.4, 0.5) is 10.1 Å². The highest BCUT2D eigenvalue weighted by molar-refractivity contribution is 6.42. The minimum Gasteiger partial charge on any atom is -0.350 e. The number of amides is 2. The SMILES string of the molecule is O=C(NCCNC(=O)c1ccc([N+](=O)[O-])cc1F)c1ccc(Cl)c(Cl)c1. The molecule has 0 bridgehead atoms. The van der Waals surface area contributed by atoms with E-state index in [9.17, 15) is 24.1 Å². The lowest BCUT2D eigenvalue weighted by Crippen LogP contribution is -2.35. The summed E-state index contributed by atoms with van der Waals surface area (Å²) in [7, 11) is 0. The summed E-state index contributed by atoms with van der Waals surface area (Å²) < 4.78 is 13.7. The molecular weight excluding hydrogens is 388 g/mol. The maximum absolute atomic E-state index is 13.7. The first-order chi connectivity index (χ1) is 12.3. The number of benzene rings is 2. The Balaban J connectivity index is 1.85. The van der Waals surface area contributed by atoms with E-state index in [4.69, 9.17) is 23.2 Å². The Bertz CT molecular complexity index is 877. The Labute approximate surface area is 157 Å². The molecule has 0 unspecified atom stereocenters. The van der Waals surface area contributed by atoms with Crippen LogP contribution >= 0.6 is 23.2 Å². The number of rotatable bonds is 6. The number of hydrogen-bond acceptors (Lipinski definition) is 4. The van der Waals surface area contributed by atoms with Gasteiger partial charge < -0.3 is 10.6 Å². The van der Waals surface area contributed by atoms with Gasteiger partial charge in [0.05, 0.1) is 26.6 Å². The van der Waals surface area contributed by atoms with Crippen molar-refractivity contribution in [3.05, 3.63) is 73.5 Å². The van der Waals surface area contributed by atoms with Crippen LogP contribution in [0.2, 0.25) is 10.0 Å². The molecule has 136 valence electrons. The van der Waals surface area contributed by atoms with E-state index in [2.05, 4.69) is 10.6 Å². The molecule has 2 N–H and O–H groups in total. The van der Waals surface area contributed by atoms with Gasteiger partial charge in [0.15, 0.2) is 0 Å². The molecule has 0 saturated heterocycles. The standard InChI is InChI=1S/C16H12Cl2FN3O4/c17-12-4-1-9(7-13(12)18)15(23)20-5-6-21-16(24)11-3-2-10(22(25)26)8-14(11)19/h1-4,7-8H,5-6H2,(H,20,23)(H,21,24). The van der Waals surface area contributed by atoms with Crippen molar-refractivity contribution in [1.82, 2.24) is 10.6 Å². The predicted octanol–water partition coefficient (Wildman–Crippen LogP) is 3.20. The normalized spacial score (nSPS) is 10.3. The Morgan fingerprint density at radius 2 is 1.65 bits per heavy atom. The second-order valence-corrected chi connectivity index (χ2v) is 5.88. The van der Waals surface area contributed by atoms with Gasteiger partial charge in [-0.3, -0.25) is 19.7 Å². The van der Waals surface area contributed by atoms with Gasteiger partial charge in [-0.25, -0.2) is 4.39 Å². The molecule has 0 atom stereocenters. The smallest absolute Gasteiger partial charge is 0.272 e. The predicted molar refractivity (Wildman–Crippen MR) is 94.2 cm³/mol. The fraction of sp³-hybridized carbons (Fsp3) is 0.125. The number of nitro benzene ring substituents is 1. The lowest BCUT2D eigenvalue weighted by atomic mass is 10.2. The Hall–Kier alpha value is -2.71. The third-order valence-electron chi connectivity index (χ3n) is 3.29. The first kappa shape index (κ1) is 19.6. The van der Waals surface area contributed by atoms with Crippen LogP contribution in [0.3, 0.4) is 0 Å². The number of non-ortho nitro benzene ring substituents is 1. The van der Waals surface area contributed by atoms with Gasteiger partial charge in [0.1, 0.15) is 5.82 Å². The van der Waals surface area contributed by atoms with Crippen molar-refractivity contribution in [2.45, 2.75) is 0 Å². The fourth-order valence-corrected chi connectivity index (χ4v) is 2.29. The molecule has 0 aliphatic heterocycles. The average molecular weight is 400 g/mol. The maximum Gasteiger partial charge on any atom is 0.272 e. The van der Waals surface area contributed by atoms with Gasteiger partial charge in [0.2, 0.25) is 0 Å². The highest BCUT2D eigenvalue weighted by atomic mass is 35.5. The molecule has 0 heterocycles. The van der Waals surface area contributed by atoms with Gasteiger partial charge in [-0.1, -0.05) is 23.2 Å². The summed E-state index contributed by atoms with van der Waals surface area (Å²) in [6.07, 6.45) is 0. The molecule has 2 rings (SSSR count). The fourth-order valence-electron chi connectivity index (χ4n) is 1.99. The average Bonchev–Trinajstić information content (AvgIpc) is 2.60. The van der Waals surface area contributed by atoms with Crippen LogP contribution in [0.25, 0.3) is 0 Å².